The third kappa shape index (κ3) is 5.48. The van der Waals surface area contributed by atoms with E-state index in [1.54, 1.807) is 25.1 Å². The van der Waals surface area contributed by atoms with E-state index < -0.39 is 23.3 Å². The number of carbonyl (C=O) groups excluding carboxylic acids is 2. The Morgan fingerprint density at radius 3 is 2.29 bits per heavy atom. The van der Waals surface area contributed by atoms with Crippen molar-refractivity contribution < 1.29 is 22.8 Å². The molecule has 2 aliphatic heterocycles. The maximum absolute atomic E-state index is 13.6. The van der Waals surface area contributed by atoms with E-state index in [0.717, 1.165) is 6.07 Å². The van der Waals surface area contributed by atoms with Gasteiger partial charge in [0.25, 0.3) is 0 Å². The zero-order valence-corrected chi connectivity index (χ0v) is 20.5. The first-order valence-corrected chi connectivity index (χ1v) is 11.5. The lowest BCUT2D eigenvalue weighted by Crippen LogP contribution is -2.45. The predicted octanol–water partition coefficient (Wildman–Crippen LogP) is 4.29. The Morgan fingerprint density at radius 1 is 1.18 bits per heavy atom. The summed E-state index contributed by atoms with van der Waals surface area (Å²) < 4.78 is 40.8. The second-order valence-electron chi connectivity index (χ2n) is 11.0. The Balaban J connectivity index is 1.87. The molecule has 1 atom stereocenters. The highest BCUT2D eigenvalue weighted by Crippen LogP contribution is 2.46. The highest BCUT2D eigenvalue weighted by Gasteiger charge is 2.49. The van der Waals surface area contributed by atoms with E-state index in [2.05, 4.69) is 0 Å². The topological polar surface area (TPSA) is 67.7 Å². The van der Waals surface area contributed by atoms with Gasteiger partial charge >= 0.3 is 6.18 Å². The summed E-state index contributed by atoms with van der Waals surface area (Å²) in [7, 11) is 3.28. The van der Waals surface area contributed by atoms with Crippen molar-refractivity contribution in [2.75, 3.05) is 38.6 Å². The molecule has 0 aromatic heterocycles. The molecule has 0 N–H and O–H groups in total. The minimum atomic E-state index is -4.67. The summed E-state index contributed by atoms with van der Waals surface area (Å²) in [6.07, 6.45) is -2.30. The van der Waals surface area contributed by atoms with Gasteiger partial charge in [-0.05, 0) is 48.3 Å². The summed E-state index contributed by atoms with van der Waals surface area (Å²) in [4.78, 5) is 30.8. The number of halogens is 3. The summed E-state index contributed by atoms with van der Waals surface area (Å²) in [6.45, 7) is 7.65. The number of rotatable bonds is 3. The quantitative estimate of drug-likeness (QED) is 0.650. The van der Waals surface area contributed by atoms with Crippen LogP contribution in [0.2, 0.25) is 0 Å². The van der Waals surface area contributed by atoms with Crippen LogP contribution in [0.1, 0.15) is 57.6 Å². The van der Waals surface area contributed by atoms with Crippen molar-refractivity contribution in [3.63, 3.8) is 0 Å². The molecule has 0 saturated carbocycles. The summed E-state index contributed by atoms with van der Waals surface area (Å²) in [5.41, 5.74) is -1.51. The number of hydrogen-bond acceptors (Lipinski definition) is 4. The van der Waals surface area contributed by atoms with Crippen molar-refractivity contribution in [2.45, 2.75) is 58.7 Å². The number of carbonyl (C=O) groups is 2. The minimum Gasteiger partial charge on any atom is -0.359 e. The number of likely N-dealkylation sites (tertiary alicyclic amines) is 1. The van der Waals surface area contributed by atoms with Crippen molar-refractivity contribution >= 4 is 17.5 Å². The smallest absolute Gasteiger partial charge is 0.359 e. The summed E-state index contributed by atoms with van der Waals surface area (Å²) in [5, 5.41) is 9.13. The molecule has 2 heterocycles. The molecule has 2 fully saturated rings. The molecule has 1 aromatic carbocycles. The van der Waals surface area contributed by atoms with Crippen molar-refractivity contribution in [2.24, 2.45) is 10.8 Å². The van der Waals surface area contributed by atoms with Gasteiger partial charge in [0.05, 0.1) is 17.2 Å². The third-order valence-electron chi connectivity index (χ3n) is 6.85. The molecule has 1 spiro atoms. The van der Waals surface area contributed by atoms with Crippen LogP contribution in [0, 0.1) is 22.2 Å². The first-order chi connectivity index (χ1) is 15.7. The lowest BCUT2D eigenvalue weighted by atomic mass is 9.76. The molecule has 0 aliphatic carbocycles. The van der Waals surface area contributed by atoms with E-state index in [1.165, 1.54) is 17.0 Å². The number of hydrogen-bond donors (Lipinski definition) is 0. The van der Waals surface area contributed by atoms with Gasteiger partial charge in [-0.25, -0.2) is 0 Å². The largest absolute Gasteiger partial charge is 0.417 e. The summed E-state index contributed by atoms with van der Waals surface area (Å²) in [5.74, 6) is -0.0546. The van der Waals surface area contributed by atoms with Crippen LogP contribution in [0.3, 0.4) is 0 Å². The van der Waals surface area contributed by atoms with Crippen LogP contribution in [0.25, 0.3) is 0 Å². The van der Waals surface area contributed by atoms with Crippen molar-refractivity contribution in [3.05, 3.63) is 29.3 Å². The van der Waals surface area contributed by atoms with E-state index in [0.29, 0.717) is 45.3 Å². The Labute approximate surface area is 199 Å². The van der Waals surface area contributed by atoms with Crippen LogP contribution in [0.5, 0.6) is 0 Å². The summed E-state index contributed by atoms with van der Waals surface area (Å²) in [6, 6.07) is 4.66. The number of benzene rings is 1. The van der Waals surface area contributed by atoms with Crippen molar-refractivity contribution in [3.8, 4) is 6.07 Å². The van der Waals surface area contributed by atoms with E-state index >= 15 is 0 Å². The van der Waals surface area contributed by atoms with Crippen molar-refractivity contribution in [1.82, 2.24) is 9.80 Å². The molecule has 186 valence electrons. The van der Waals surface area contributed by atoms with Gasteiger partial charge in [0.15, 0.2) is 0 Å². The summed E-state index contributed by atoms with van der Waals surface area (Å²) >= 11 is 0. The average Bonchev–Trinajstić information content (AvgIpc) is 3.10. The molecular formula is C25H33F3N4O2. The molecule has 2 saturated heterocycles. The third-order valence-corrected chi connectivity index (χ3v) is 6.85. The zero-order valence-electron chi connectivity index (χ0n) is 20.5. The van der Waals surface area contributed by atoms with Gasteiger partial charge in [0.1, 0.15) is 6.04 Å². The van der Waals surface area contributed by atoms with Crippen LogP contribution in [0.15, 0.2) is 18.2 Å². The lowest BCUT2D eigenvalue weighted by Gasteiger charge is -2.40. The van der Waals surface area contributed by atoms with Crippen LogP contribution >= 0.6 is 0 Å². The van der Waals surface area contributed by atoms with E-state index in [1.807, 2.05) is 25.7 Å². The zero-order chi connectivity index (χ0) is 25.5. The number of nitrogens with zero attached hydrogens (tertiary/aromatic N) is 4. The molecule has 3 rings (SSSR count). The predicted molar refractivity (Wildman–Crippen MR) is 123 cm³/mol. The number of alkyl halides is 3. The number of likely N-dealkylation sites (N-methyl/N-ethyl adjacent to an activating group) is 1. The Kier molecular flexibility index (Phi) is 6.94. The van der Waals surface area contributed by atoms with Crippen LogP contribution in [0.4, 0.5) is 18.9 Å². The van der Waals surface area contributed by atoms with E-state index in [-0.39, 0.29) is 28.3 Å². The standard InChI is InChI=1S/C25H33F3N4O2/c1-23(2,3)14-21(33)31-10-8-24(9-11-31)13-20(22(34)30(4)5)32(16-24)18-7-6-17(15-29)19(12-18)25(26,27)28/h6-7,12,20H,8-11,13-14,16H2,1-5H3. The van der Waals surface area contributed by atoms with Gasteiger partial charge in [-0.15, -0.1) is 0 Å². The molecule has 2 amide bonds. The molecule has 6 nitrogen and oxygen atoms in total. The first kappa shape index (κ1) is 25.9. The maximum atomic E-state index is 13.6. The van der Waals surface area contributed by atoms with E-state index in [9.17, 15) is 22.8 Å². The van der Waals surface area contributed by atoms with E-state index in [4.69, 9.17) is 5.26 Å². The highest BCUT2D eigenvalue weighted by molar-refractivity contribution is 5.86. The molecule has 0 bridgehead atoms. The van der Waals surface area contributed by atoms with Crippen LogP contribution in [-0.2, 0) is 15.8 Å². The monoisotopic (exact) mass is 478 g/mol. The number of nitriles is 1. The van der Waals surface area contributed by atoms with Gasteiger partial charge in [0.2, 0.25) is 11.8 Å². The Morgan fingerprint density at radius 2 is 1.79 bits per heavy atom. The Bertz CT molecular complexity index is 983. The fraction of sp³-hybridized carbons (Fsp3) is 0.640. The molecule has 2 aliphatic rings. The van der Waals surface area contributed by atoms with Crippen molar-refractivity contribution in [1.29, 1.82) is 5.26 Å². The minimum absolute atomic E-state index is 0.106. The molecule has 1 unspecified atom stereocenters. The maximum Gasteiger partial charge on any atom is 0.417 e. The fourth-order valence-corrected chi connectivity index (χ4v) is 5.05. The van der Waals surface area contributed by atoms with Gasteiger partial charge in [0, 0.05) is 45.8 Å². The SMILES string of the molecule is CN(C)C(=O)C1CC2(CCN(C(=O)CC(C)(C)C)CC2)CN1c1ccc(C#N)c(C(F)(F)F)c1. The lowest BCUT2D eigenvalue weighted by molar-refractivity contribution is -0.138. The fourth-order valence-electron chi connectivity index (χ4n) is 5.05. The second-order valence-corrected chi connectivity index (χ2v) is 11.0. The Hall–Kier alpha value is -2.76. The number of piperidine rings is 1. The van der Waals surface area contributed by atoms with Crippen LogP contribution < -0.4 is 4.90 Å². The first-order valence-electron chi connectivity index (χ1n) is 11.5. The van der Waals surface area contributed by atoms with Gasteiger partial charge < -0.3 is 14.7 Å². The molecule has 0 radical (unpaired) electrons. The van der Waals surface area contributed by atoms with Gasteiger partial charge in [-0.3, -0.25) is 9.59 Å². The van der Waals surface area contributed by atoms with Gasteiger partial charge in [-0.1, -0.05) is 20.8 Å². The normalized spacial score (nSPS) is 20.4. The highest BCUT2D eigenvalue weighted by atomic mass is 19.4. The molecule has 1 aromatic rings. The second kappa shape index (κ2) is 9.12. The van der Waals surface area contributed by atoms with Gasteiger partial charge in [-0.2, -0.15) is 18.4 Å². The number of amides is 2. The molecule has 9 heteroatoms. The molecule has 34 heavy (non-hydrogen) atoms. The molecular weight excluding hydrogens is 445 g/mol. The number of anilines is 1. The van der Waals surface area contributed by atoms with Crippen LogP contribution in [-0.4, -0.2) is 61.4 Å². The average molecular weight is 479 g/mol.